The fourth-order valence-electron chi connectivity index (χ4n) is 3.47. The van der Waals surface area contributed by atoms with E-state index in [1.165, 1.54) is 18.5 Å². The second-order valence-corrected chi connectivity index (χ2v) is 8.10. The number of H-pyrrole nitrogens is 1. The van der Waals surface area contributed by atoms with E-state index in [9.17, 15) is 0 Å². The molecule has 0 amide bonds. The Morgan fingerprint density at radius 1 is 1.03 bits per heavy atom. The summed E-state index contributed by atoms with van der Waals surface area (Å²) in [6.07, 6.45) is 2.48. The van der Waals surface area contributed by atoms with Crippen molar-refractivity contribution in [2.45, 2.75) is 18.8 Å². The van der Waals surface area contributed by atoms with Crippen molar-refractivity contribution in [3.8, 4) is 11.6 Å². The summed E-state index contributed by atoms with van der Waals surface area (Å²) in [6.45, 7) is 0. The van der Waals surface area contributed by atoms with E-state index in [2.05, 4.69) is 31.5 Å². The lowest BCUT2D eigenvalue weighted by molar-refractivity contribution is 0.466. The molecule has 3 aromatic heterocycles. The number of fused-ring (bicyclic) bond motifs is 2. The van der Waals surface area contributed by atoms with E-state index in [4.69, 9.17) is 4.74 Å². The second-order valence-electron chi connectivity index (χ2n) is 7.22. The van der Waals surface area contributed by atoms with Crippen molar-refractivity contribution in [1.82, 2.24) is 20.2 Å². The van der Waals surface area contributed by atoms with Crippen LogP contribution in [-0.2, 0) is 0 Å². The van der Waals surface area contributed by atoms with Crippen molar-refractivity contribution in [2.24, 2.45) is 0 Å². The molecule has 0 unspecified atom stereocenters. The van der Waals surface area contributed by atoms with Crippen molar-refractivity contribution >= 4 is 44.0 Å². The predicted molar refractivity (Wildman–Crippen MR) is 115 cm³/mol. The lowest BCUT2D eigenvalue weighted by Crippen LogP contribution is -1.96. The summed E-state index contributed by atoms with van der Waals surface area (Å²) in [7, 11) is 0. The van der Waals surface area contributed by atoms with E-state index in [1.807, 2.05) is 54.0 Å². The number of benzene rings is 2. The third-order valence-corrected chi connectivity index (χ3v) is 5.89. The molecule has 29 heavy (non-hydrogen) atoms. The molecule has 1 fully saturated rings. The smallest absolute Gasteiger partial charge is 0.221 e. The van der Waals surface area contributed by atoms with Crippen LogP contribution < -0.4 is 10.1 Å². The van der Waals surface area contributed by atoms with Crippen LogP contribution in [0.2, 0.25) is 0 Å². The van der Waals surface area contributed by atoms with Gasteiger partial charge < -0.3 is 10.1 Å². The third-order valence-electron chi connectivity index (χ3n) is 5.10. The minimum absolute atomic E-state index is 0.535. The number of hydrogen-bond donors (Lipinski definition) is 2. The number of aromatic amines is 1. The van der Waals surface area contributed by atoms with Crippen LogP contribution in [0.15, 0.2) is 60.1 Å². The number of nitrogens with zero attached hydrogens (tertiary/aromatic N) is 3. The Morgan fingerprint density at radius 3 is 2.90 bits per heavy atom. The van der Waals surface area contributed by atoms with E-state index in [-0.39, 0.29) is 0 Å². The fraction of sp³-hybridized carbons (Fsp3) is 0.136. The molecule has 0 bridgehead atoms. The van der Waals surface area contributed by atoms with Crippen LogP contribution in [-0.4, -0.2) is 20.2 Å². The molecule has 7 heteroatoms. The van der Waals surface area contributed by atoms with Gasteiger partial charge in [-0.05, 0) is 31.0 Å². The number of nitrogens with one attached hydrogen (secondary N) is 2. The first-order chi connectivity index (χ1) is 14.3. The van der Waals surface area contributed by atoms with Gasteiger partial charge in [0, 0.05) is 35.2 Å². The van der Waals surface area contributed by atoms with Crippen LogP contribution in [0.5, 0.6) is 11.6 Å². The summed E-state index contributed by atoms with van der Waals surface area (Å²) in [5, 5.41) is 12.0. The van der Waals surface area contributed by atoms with Gasteiger partial charge in [-0.3, -0.25) is 5.10 Å². The Labute approximate surface area is 170 Å². The first-order valence-electron chi connectivity index (χ1n) is 9.55. The highest BCUT2D eigenvalue weighted by molar-refractivity contribution is 7.16. The van der Waals surface area contributed by atoms with Crippen LogP contribution in [0.3, 0.4) is 0 Å². The first-order valence-corrected chi connectivity index (χ1v) is 10.4. The Morgan fingerprint density at radius 2 is 1.97 bits per heavy atom. The quantitative estimate of drug-likeness (QED) is 0.380. The highest BCUT2D eigenvalue weighted by Crippen LogP contribution is 2.40. The van der Waals surface area contributed by atoms with Gasteiger partial charge in [-0.15, -0.1) is 11.3 Å². The minimum Gasteiger partial charge on any atom is -0.439 e. The molecule has 5 aromatic rings. The summed E-state index contributed by atoms with van der Waals surface area (Å²) in [6, 6.07) is 17.9. The van der Waals surface area contributed by atoms with Gasteiger partial charge in [0.25, 0.3) is 0 Å². The molecule has 1 aliphatic carbocycles. The number of para-hydroxylation sites is 1. The van der Waals surface area contributed by atoms with Gasteiger partial charge in [-0.25, -0.2) is 9.97 Å². The molecule has 1 aliphatic rings. The molecule has 2 N–H and O–H groups in total. The van der Waals surface area contributed by atoms with Crippen molar-refractivity contribution in [3.05, 3.63) is 65.8 Å². The van der Waals surface area contributed by atoms with E-state index in [1.54, 1.807) is 11.3 Å². The molecule has 6 rings (SSSR count). The molecular formula is C22H17N5OS. The molecule has 142 valence electrons. The average Bonchev–Trinajstić information content (AvgIpc) is 3.30. The van der Waals surface area contributed by atoms with Crippen LogP contribution in [0, 0.1) is 0 Å². The number of anilines is 2. The van der Waals surface area contributed by atoms with Crippen LogP contribution in [0.4, 0.5) is 11.5 Å². The van der Waals surface area contributed by atoms with Crippen LogP contribution >= 0.6 is 11.3 Å². The molecule has 0 radical (unpaired) electrons. The standard InChI is InChI=1S/C22H17N5OS/c1-2-4-16-15(3-1)19(24-21-10-18(26-27-21)13-5-6-13)11-22(25-16)28-14-7-8-17-20(9-14)29-12-23-17/h1-4,7-13H,5-6H2,(H2,24,25,26,27). The van der Waals surface area contributed by atoms with Crippen molar-refractivity contribution in [1.29, 1.82) is 0 Å². The maximum absolute atomic E-state index is 6.10. The summed E-state index contributed by atoms with van der Waals surface area (Å²) in [5.41, 5.74) is 5.79. The lowest BCUT2D eigenvalue weighted by Gasteiger charge is -2.11. The average molecular weight is 399 g/mol. The van der Waals surface area contributed by atoms with Crippen molar-refractivity contribution < 1.29 is 4.74 Å². The lowest BCUT2D eigenvalue weighted by atomic mass is 10.2. The van der Waals surface area contributed by atoms with E-state index in [0.29, 0.717) is 11.8 Å². The van der Waals surface area contributed by atoms with Crippen molar-refractivity contribution in [3.63, 3.8) is 0 Å². The van der Waals surface area contributed by atoms with Crippen molar-refractivity contribution in [2.75, 3.05) is 5.32 Å². The monoisotopic (exact) mass is 399 g/mol. The van der Waals surface area contributed by atoms with E-state index < -0.39 is 0 Å². The highest BCUT2D eigenvalue weighted by Gasteiger charge is 2.25. The largest absolute Gasteiger partial charge is 0.439 e. The normalized spacial score (nSPS) is 13.8. The zero-order valence-electron chi connectivity index (χ0n) is 15.4. The number of aromatic nitrogens is 4. The summed E-state index contributed by atoms with van der Waals surface area (Å²) in [4.78, 5) is 9.00. The van der Waals surface area contributed by atoms with Crippen LogP contribution in [0.1, 0.15) is 24.5 Å². The van der Waals surface area contributed by atoms with E-state index in [0.717, 1.165) is 38.4 Å². The number of ether oxygens (including phenoxy) is 1. The maximum atomic E-state index is 6.10. The molecule has 3 heterocycles. The molecule has 0 saturated heterocycles. The number of hydrogen-bond acceptors (Lipinski definition) is 6. The third kappa shape index (κ3) is 3.19. The Bertz CT molecular complexity index is 1340. The highest BCUT2D eigenvalue weighted by atomic mass is 32.1. The first kappa shape index (κ1) is 16.5. The molecule has 0 aliphatic heterocycles. The summed E-state index contributed by atoms with van der Waals surface area (Å²) < 4.78 is 7.18. The minimum atomic E-state index is 0.535. The molecule has 0 spiro atoms. The molecule has 2 aromatic carbocycles. The van der Waals surface area contributed by atoms with E-state index >= 15 is 0 Å². The molecule has 0 atom stereocenters. The molecule has 6 nitrogen and oxygen atoms in total. The van der Waals surface area contributed by atoms with Gasteiger partial charge in [0.1, 0.15) is 5.75 Å². The molecule has 1 saturated carbocycles. The van der Waals surface area contributed by atoms with Gasteiger partial charge in [-0.1, -0.05) is 18.2 Å². The summed E-state index contributed by atoms with van der Waals surface area (Å²) in [5.74, 6) is 2.72. The van der Waals surface area contributed by atoms with Gasteiger partial charge in [0.05, 0.1) is 26.9 Å². The second kappa shape index (κ2) is 6.56. The van der Waals surface area contributed by atoms with Gasteiger partial charge in [0.15, 0.2) is 5.82 Å². The van der Waals surface area contributed by atoms with Crippen LogP contribution in [0.25, 0.3) is 21.1 Å². The SMILES string of the molecule is c1ccc2c(Nc3cc(C4CC4)[nH]n3)cc(Oc3ccc4ncsc4c3)nc2c1. The maximum Gasteiger partial charge on any atom is 0.221 e. The zero-order chi connectivity index (χ0) is 19.2. The zero-order valence-corrected chi connectivity index (χ0v) is 16.2. The predicted octanol–water partition coefficient (Wildman–Crippen LogP) is 5.98. The number of pyridine rings is 1. The molecular weight excluding hydrogens is 382 g/mol. The van der Waals surface area contributed by atoms with Gasteiger partial charge >= 0.3 is 0 Å². The number of rotatable bonds is 5. The Hall–Kier alpha value is -3.45. The van der Waals surface area contributed by atoms with Gasteiger partial charge in [-0.2, -0.15) is 5.10 Å². The number of thiazole rings is 1. The topological polar surface area (TPSA) is 75.7 Å². The Balaban J connectivity index is 1.37. The fourth-order valence-corrected chi connectivity index (χ4v) is 4.17. The summed E-state index contributed by atoms with van der Waals surface area (Å²) >= 11 is 1.59. The Kier molecular flexibility index (Phi) is 3.73. The van der Waals surface area contributed by atoms with Gasteiger partial charge in [0.2, 0.25) is 5.88 Å².